The van der Waals surface area contributed by atoms with E-state index in [-0.39, 0.29) is 5.41 Å². The summed E-state index contributed by atoms with van der Waals surface area (Å²) in [5, 5.41) is 0. The summed E-state index contributed by atoms with van der Waals surface area (Å²) < 4.78 is 9.39. The molecule has 0 saturated carbocycles. The number of carbonyl (C=O) groups is 1. The average molecular weight is 188 g/mol. The van der Waals surface area contributed by atoms with Crippen molar-refractivity contribution >= 4 is 6.16 Å². The Balaban J connectivity index is 4.02. The van der Waals surface area contributed by atoms with E-state index in [1.54, 1.807) is 0 Å². The van der Waals surface area contributed by atoms with Crippen LogP contribution in [0, 0.1) is 5.41 Å². The van der Waals surface area contributed by atoms with Crippen molar-refractivity contribution < 1.29 is 14.3 Å². The number of hydrogen-bond acceptors (Lipinski definition) is 3. The monoisotopic (exact) mass is 188 g/mol. The van der Waals surface area contributed by atoms with E-state index in [1.165, 1.54) is 7.11 Å². The number of ether oxygens (including phenoxy) is 2. The molecule has 78 valence electrons. The summed E-state index contributed by atoms with van der Waals surface area (Å²) in [6.45, 7) is 6.82. The molecule has 0 unspecified atom stereocenters. The number of rotatable bonds is 5. The van der Waals surface area contributed by atoms with Crippen molar-refractivity contribution in [1.82, 2.24) is 0 Å². The van der Waals surface area contributed by atoms with Crippen molar-refractivity contribution in [3.05, 3.63) is 0 Å². The van der Waals surface area contributed by atoms with Crippen LogP contribution in [-0.2, 0) is 9.47 Å². The van der Waals surface area contributed by atoms with E-state index in [2.05, 4.69) is 25.5 Å². The molecule has 0 aliphatic heterocycles. The van der Waals surface area contributed by atoms with Crippen molar-refractivity contribution in [1.29, 1.82) is 0 Å². The molecular weight excluding hydrogens is 168 g/mol. The maximum Gasteiger partial charge on any atom is 0.507 e. The Morgan fingerprint density at radius 3 is 1.92 bits per heavy atom. The van der Waals surface area contributed by atoms with Gasteiger partial charge in [0.05, 0.1) is 7.11 Å². The van der Waals surface area contributed by atoms with Crippen molar-refractivity contribution in [2.45, 2.75) is 40.0 Å². The van der Waals surface area contributed by atoms with E-state index in [0.717, 1.165) is 19.3 Å². The molecule has 0 aliphatic rings. The summed E-state index contributed by atoms with van der Waals surface area (Å²) in [7, 11) is 1.33. The fourth-order valence-corrected chi connectivity index (χ4v) is 1.33. The molecule has 0 spiro atoms. The van der Waals surface area contributed by atoms with Gasteiger partial charge >= 0.3 is 6.16 Å². The summed E-state index contributed by atoms with van der Waals surface area (Å²) in [4.78, 5) is 10.8. The molecular formula is C10H20O3. The fraction of sp³-hybridized carbons (Fsp3) is 0.900. The zero-order chi connectivity index (χ0) is 10.3. The van der Waals surface area contributed by atoms with Gasteiger partial charge in [0.2, 0.25) is 0 Å². The van der Waals surface area contributed by atoms with Gasteiger partial charge in [0.1, 0.15) is 6.61 Å². The molecule has 0 rings (SSSR count). The first kappa shape index (κ1) is 12.3. The summed E-state index contributed by atoms with van der Waals surface area (Å²) in [5.74, 6) is 0. The van der Waals surface area contributed by atoms with Crippen LogP contribution in [0.1, 0.15) is 40.0 Å². The highest BCUT2D eigenvalue weighted by molar-refractivity contribution is 5.59. The van der Waals surface area contributed by atoms with Crippen LogP contribution in [0.3, 0.4) is 0 Å². The molecule has 0 aromatic carbocycles. The second-order valence-corrected chi connectivity index (χ2v) is 3.30. The highest BCUT2D eigenvalue weighted by atomic mass is 16.7. The van der Waals surface area contributed by atoms with Gasteiger partial charge in [-0.1, -0.05) is 20.8 Å². The average Bonchev–Trinajstić information content (AvgIpc) is 2.20. The molecule has 0 saturated heterocycles. The van der Waals surface area contributed by atoms with Gasteiger partial charge < -0.3 is 9.47 Å². The van der Waals surface area contributed by atoms with Crippen LogP contribution in [-0.4, -0.2) is 19.9 Å². The molecule has 0 radical (unpaired) electrons. The summed E-state index contributed by atoms with van der Waals surface area (Å²) in [5.41, 5.74) is 0.133. The molecule has 0 fully saturated rings. The summed E-state index contributed by atoms with van der Waals surface area (Å²) in [6.07, 6.45) is 2.49. The first-order valence-corrected chi connectivity index (χ1v) is 4.84. The van der Waals surface area contributed by atoms with Crippen LogP contribution >= 0.6 is 0 Å². The lowest BCUT2D eigenvalue weighted by molar-refractivity contribution is 0.0279. The lowest BCUT2D eigenvalue weighted by Crippen LogP contribution is -2.26. The summed E-state index contributed by atoms with van der Waals surface area (Å²) in [6, 6.07) is 0. The van der Waals surface area contributed by atoms with E-state index in [9.17, 15) is 4.79 Å². The topological polar surface area (TPSA) is 35.5 Å². The highest BCUT2D eigenvalue weighted by Gasteiger charge is 2.25. The lowest BCUT2D eigenvalue weighted by atomic mass is 9.81. The minimum atomic E-state index is -0.584. The largest absolute Gasteiger partial charge is 0.507 e. The molecule has 0 bridgehead atoms. The Bertz CT molecular complexity index is 142. The molecule has 13 heavy (non-hydrogen) atoms. The summed E-state index contributed by atoms with van der Waals surface area (Å²) >= 11 is 0. The Morgan fingerprint density at radius 2 is 1.62 bits per heavy atom. The third-order valence-corrected chi connectivity index (χ3v) is 2.91. The third kappa shape index (κ3) is 3.66. The third-order valence-electron chi connectivity index (χ3n) is 2.91. The maximum absolute atomic E-state index is 10.8. The van der Waals surface area contributed by atoms with Crippen molar-refractivity contribution in [2.24, 2.45) is 5.41 Å². The van der Waals surface area contributed by atoms with Gasteiger partial charge in [-0.15, -0.1) is 0 Å². The predicted octanol–water partition coefficient (Wildman–Crippen LogP) is 2.99. The molecule has 0 amide bonds. The predicted molar refractivity (Wildman–Crippen MR) is 51.7 cm³/mol. The van der Waals surface area contributed by atoms with Crippen LogP contribution < -0.4 is 0 Å². The first-order chi connectivity index (χ1) is 6.14. The van der Waals surface area contributed by atoms with Gasteiger partial charge in [-0.25, -0.2) is 4.79 Å². The Hall–Kier alpha value is -0.730. The highest BCUT2D eigenvalue weighted by Crippen LogP contribution is 2.30. The molecule has 0 N–H and O–H groups in total. The smallest absolute Gasteiger partial charge is 0.438 e. The Kier molecular flexibility index (Phi) is 5.51. The van der Waals surface area contributed by atoms with Gasteiger partial charge in [0.15, 0.2) is 0 Å². The minimum Gasteiger partial charge on any atom is -0.438 e. The molecule has 0 heterocycles. The van der Waals surface area contributed by atoms with E-state index in [4.69, 9.17) is 4.74 Å². The number of carbonyl (C=O) groups excluding carboxylic acids is 1. The van der Waals surface area contributed by atoms with Crippen molar-refractivity contribution in [2.75, 3.05) is 13.7 Å². The van der Waals surface area contributed by atoms with E-state index >= 15 is 0 Å². The van der Waals surface area contributed by atoms with Crippen molar-refractivity contribution in [3.63, 3.8) is 0 Å². The molecule has 0 aromatic heterocycles. The van der Waals surface area contributed by atoms with Crippen LogP contribution in [0.2, 0.25) is 0 Å². The van der Waals surface area contributed by atoms with Crippen LogP contribution in [0.15, 0.2) is 0 Å². The molecule has 0 aromatic rings. The minimum absolute atomic E-state index is 0.133. The quantitative estimate of drug-likeness (QED) is 0.622. The lowest BCUT2D eigenvalue weighted by Gasteiger charge is -2.29. The van der Waals surface area contributed by atoms with Gasteiger partial charge in [-0.05, 0) is 19.3 Å². The van der Waals surface area contributed by atoms with E-state index in [1.807, 2.05) is 0 Å². The van der Waals surface area contributed by atoms with Gasteiger partial charge in [0.25, 0.3) is 0 Å². The maximum atomic E-state index is 10.8. The van der Waals surface area contributed by atoms with Crippen LogP contribution in [0.25, 0.3) is 0 Å². The second-order valence-electron chi connectivity index (χ2n) is 3.30. The van der Waals surface area contributed by atoms with Gasteiger partial charge in [-0.3, -0.25) is 0 Å². The molecule has 3 nitrogen and oxygen atoms in total. The van der Waals surface area contributed by atoms with Crippen LogP contribution in [0.4, 0.5) is 4.79 Å². The SMILES string of the molecule is CCC(CC)(CC)COC(=O)OC. The number of hydrogen-bond donors (Lipinski definition) is 0. The first-order valence-electron chi connectivity index (χ1n) is 4.84. The molecule has 3 heteroatoms. The van der Waals surface area contributed by atoms with Crippen molar-refractivity contribution in [3.8, 4) is 0 Å². The zero-order valence-electron chi connectivity index (χ0n) is 9.05. The van der Waals surface area contributed by atoms with E-state index < -0.39 is 6.16 Å². The van der Waals surface area contributed by atoms with E-state index in [0.29, 0.717) is 6.61 Å². The van der Waals surface area contributed by atoms with Crippen LogP contribution in [0.5, 0.6) is 0 Å². The number of methoxy groups -OCH3 is 1. The Morgan fingerprint density at radius 1 is 1.15 bits per heavy atom. The standard InChI is InChI=1S/C10H20O3/c1-5-10(6-2,7-3)8-13-9(11)12-4/h5-8H2,1-4H3. The fourth-order valence-electron chi connectivity index (χ4n) is 1.33. The molecule has 0 aliphatic carbocycles. The zero-order valence-corrected chi connectivity index (χ0v) is 9.05. The second kappa shape index (κ2) is 5.84. The van der Waals surface area contributed by atoms with Gasteiger partial charge in [0, 0.05) is 5.41 Å². The molecule has 0 atom stereocenters. The normalized spacial score (nSPS) is 11.1. The Labute approximate surface area is 80.4 Å². The van der Waals surface area contributed by atoms with Gasteiger partial charge in [-0.2, -0.15) is 0 Å².